The van der Waals surface area contributed by atoms with E-state index in [4.69, 9.17) is 10.5 Å². The van der Waals surface area contributed by atoms with E-state index < -0.39 is 0 Å². The summed E-state index contributed by atoms with van der Waals surface area (Å²) in [5.41, 5.74) is 7.51. The van der Waals surface area contributed by atoms with Crippen molar-refractivity contribution in [1.82, 2.24) is 0 Å². The van der Waals surface area contributed by atoms with Crippen molar-refractivity contribution in [3.8, 4) is 0 Å². The van der Waals surface area contributed by atoms with Crippen molar-refractivity contribution in [1.29, 1.82) is 0 Å². The molecule has 0 aliphatic heterocycles. The molecule has 0 aromatic heterocycles. The van der Waals surface area contributed by atoms with Gasteiger partial charge in [0.15, 0.2) is 0 Å². The summed E-state index contributed by atoms with van der Waals surface area (Å²) in [6, 6.07) is 7.75. The zero-order valence-electron chi connectivity index (χ0n) is 13.0. The van der Waals surface area contributed by atoms with Crippen LogP contribution in [0.4, 0.5) is 5.69 Å². The van der Waals surface area contributed by atoms with Gasteiger partial charge in [-0.25, -0.2) is 0 Å². The largest absolute Gasteiger partial charge is 0.364 e. The topological polar surface area (TPSA) is 64.3 Å². The molecule has 3 N–H and O–H groups in total. The van der Waals surface area contributed by atoms with E-state index in [1.54, 1.807) is 0 Å². The van der Waals surface area contributed by atoms with Gasteiger partial charge in [-0.15, -0.1) is 0 Å². The van der Waals surface area contributed by atoms with Gasteiger partial charge in [0.25, 0.3) is 0 Å². The number of rotatable bonds is 5. The minimum Gasteiger partial charge on any atom is -0.364 e. The van der Waals surface area contributed by atoms with Gasteiger partial charge in [-0.3, -0.25) is 4.79 Å². The number of benzene rings is 1. The van der Waals surface area contributed by atoms with Gasteiger partial charge in [0.05, 0.1) is 5.60 Å². The molecule has 0 saturated heterocycles. The molecule has 1 aromatic rings. The van der Waals surface area contributed by atoms with Gasteiger partial charge in [-0.05, 0) is 43.4 Å². The summed E-state index contributed by atoms with van der Waals surface area (Å²) in [6.45, 7) is 4.77. The Balaban J connectivity index is 1.87. The normalized spacial score (nSPS) is 25.6. The Hall–Kier alpha value is -1.39. The Morgan fingerprint density at radius 2 is 2.33 bits per heavy atom. The summed E-state index contributed by atoms with van der Waals surface area (Å²) in [7, 11) is 0. The Morgan fingerprint density at radius 3 is 3.00 bits per heavy atom. The summed E-state index contributed by atoms with van der Waals surface area (Å²) in [4.78, 5) is 12.0. The fraction of sp³-hybridized carbons (Fsp3) is 0.588. The molecule has 2 unspecified atom stereocenters. The van der Waals surface area contributed by atoms with Gasteiger partial charge in [-0.2, -0.15) is 0 Å². The first-order valence-electron chi connectivity index (χ1n) is 7.73. The van der Waals surface area contributed by atoms with Crippen molar-refractivity contribution in [2.75, 3.05) is 18.5 Å². The van der Waals surface area contributed by atoms with E-state index in [2.05, 4.69) is 12.2 Å². The quantitative estimate of drug-likeness (QED) is 0.876. The van der Waals surface area contributed by atoms with Crippen LogP contribution in [0.3, 0.4) is 0 Å². The molecular formula is C17H26N2O2. The minimum atomic E-state index is -0.318. The molecule has 1 aliphatic rings. The van der Waals surface area contributed by atoms with E-state index in [1.807, 2.05) is 31.2 Å². The number of hydrogen-bond donors (Lipinski definition) is 2. The standard InChI is InChI=1S/C17H26N2O2/c1-13-5-3-7-15(9-13)19-16(20)11-21-17(12-18)8-4-6-14(2)10-17/h3,5,7,9,14H,4,6,8,10-12,18H2,1-2H3,(H,19,20). The third-order valence-corrected chi connectivity index (χ3v) is 4.23. The molecule has 21 heavy (non-hydrogen) atoms. The van der Waals surface area contributed by atoms with Gasteiger partial charge in [0.1, 0.15) is 6.61 Å². The average molecular weight is 290 g/mol. The molecule has 0 bridgehead atoms. The Labute approximate surface area is 127 Å². The maximum atomic E-state index is 12.0. The van der Waals surface area contributed by atoms with Crippen molar-refractivity contribution in [3.05, 3.63) is 29.8 Å². The second-order valence-corrected chi connectivity index (χ2v) is 6.29. The third-order valence-electron chi connectivity index (χ3n) is 4.23. The van der Waals surface area contributed by atoms with Crippen LogP contribution in [0, 0.1) is 12.8 Å². The lowest BCUT2D eigenvalue weighted by Gasteiger charge is -2.38. The van der Waals surface area contributed by atoms with Crippen molar-refractivity contribution < 1.29 is 9.53 Å². The lowest BCUT2D eigenvalue weighted by atomic mass is 9.79. The highest BCUT2D eigenvalue weighted by atomic mass is 16.5. The molecule has 0 radical (unpaired) electrons. The molecule has 4 heteroatoms. The monoisotopic (exact) mass is 290 g/mol. The Kier molecular flexibility index (Phi) is 5.37. The van der Waals surface area contributed by atoms with E-state index in [0.29, 0.717) is 12.5 Å². The highest BCUT2D eigenvalue weighted by Gasteiger charge is 2.35. The molecule has 1 aliphatic carbocycles. The minimum absolute atomic E-state index is 0.0673. The predicted molar refractivity (Wildman–Crippen MR) is 85.2 cm³/mol. The van der Waals surface area contributed by atoms with Gasteiger partial charge in [-0.1, -0.05) is 31.9 Å². The fourth-order valence-corrected chi connectivity index (χ4v) is 3.13. The van der Waals surface area contributed by atoms with Crippen LogP contribution in [0.15, 0.2) is 24.3 Å². The number of nitrogens with two attached hydrogens (primary N) is 1. The average Bonchev–Trinajstić information content (AvgIpc) is 2.45. The van der Waals surface area contributed by atoms with Crippen molar-refractivity contribution >= 4 is 11.6 Å². The van der Waals surface area contributed by atoms with Crippen LogP contribution in [0.1, 0.15) is 38.2 Å². The van der Waals surface area contributed by atoms with Crippen LogP contribution in [-0.4, -0.2) is 24.7 Å². The lowest BCUT2D eigenvalue weighted by Crippen LogP contribution is -2.46. The number of carbonyl (C=O) groups is 1. The number of aryl methyl sites for hydroxylation is 1. The lowest BCUT2D eigenvalue weighted by molar-refractivity contribution is -0.131. The molecule has 1 fully saturated rings. The second kappa shape index (κ2) is 7.05. The van der Waals surface area contributed by atoms with Gasteiger partial charge >= 0.3 is 0 Å². The van der Waals surface area contributed by atoms with Crippen LogP contribution in [0.25, 0.3) is 0 Å². The summed E-state index contributed by atoms with van der Waals surface area (Å²) in [5.74, 6) is 0.494. The first kappa shape index (κ1) is 16.0. The van der Waals surface area contributed by atoms with E-state index in [9.17, 15) is 4.79 Å². The molecule has 0 spiro atoms. The summed E-state index contributed by atoms with van der Waals surface area (Å²) in [6.07, 6.45) is 4.24. The zero-order valence-corrected chi connectivity index (χ0v) is 13.0. The highest BCUT2D eigenvalue weighted by molar-refractivity contribution is 5.91. The molecule has 1 aromatic carbocycles. The molecule has 0 heterocycles. The molecule has 2 rings (SSSR count). The number of amides is 1. The van der Waals surface area contributed by atoms with Crippen molar-refractivity contribution in [2.45, 2.75) is 45.1 Å². The van der Waals surface area contributed by atoms with E-state index >= 15 is 0 Å². The van der Waals surface area contributed by atoms with Crippen LogP contribution in [-0.2, 0) is 9.53 Å². The van der Waals surface area contributed by atoms with E-state index in [-0.39, 0.29) is 18.1 Å². The first-order valence-corrected chi connectivity index (χ1v) is 7.73. The summed E-state index contributed by atoms with van der Waals surface area (Å²) in [5, 5.41) is 2.87. The number of nitrogens with one attached hydrogen (secondary N) is 1. The Morgan fingerprint density at radius 1 is 1.52 bits per heavy atom. The van der Waals surface area contributed by atoms with Crippen molar-refractivity contribution in [2.24, 2.45) is 11.7 Å². The molecule has 116 valence electrons. The highest BCUT2D eigenvalue weighted by Crippen LogP contribution is 2.34. The smallest absolute Gasteiger partial charge is 0.250 e. The van der Waals surface area contributed by atoms with Crippen LogP contribution in [0.5, 0.6) is 0 Å². The molecule has 1 saturated carbocycles. The number of hydrogen-bond acceptors (Lipinski definition) is 3. The second-order valence-electron chi connectivity index (χ2n) is 6.29. The molecule has 2 atom stereocenters. The van der Waals surface area contributed by atoms with Gasteiger partial charge in [0, 0.05) is 12.2 Å². The zero-order chi connectivity index (χ0) is 15.3. The number of ether oxygens (including phenoxy) is 1. The van der Waals surface area contributed by atoms with Gasteiger partial charge in [0.2, 0.25) is 5.91 Å². The Bertz CT molecular complexity index is 489. The third kappa shape index (κ3) is 4.55. The van der Waals surface area contributed by atoms with E-state index in [0.717, 1.165) is 30.5 Å². The summed E-state index contributed by atoms with van der Waals surface area (Å²) >= 11 is 0. The van der Waals surface area contributed by atoms with Crippen LogP contribution < -0.4 is 11.1 Å². The number of carbonyl (C=O) groups excluding carboxylic acids is 1. The van der Waals surface area contributed by atoms with Crippen LogP contribution >= 0.6 is 0 Å². The summed E-state index contributed by atoms with van der Waals surface area (Å²) < 4.78 is 5.92. The number of anilines is 1. The maximum Gasteiger partial charge on any atom is 0.250 e. The van der Waals surface area contributed by atoms with Crippen LogP contribution in [0.2, 0.25) is 0 Å². The molecule has 4 nitrogen and oxygen atoms in total. The SMILES string of the molecule is Cc1cccc(NC(=O)COC2(CN)CCCC(C)C2)c1. The van der Waals surface area contributed by atoms with Crippen molar-refractivity contribution in [3.63, 3.8) is 0 Å². The fourth-order valence-electron chi connectivity index (χ4n) is 3.13. The van der Waals surface area contributed by atoms with Gasteiger partial charge < -0.3 is 15.8 Å². The predicted octanol–water partition coefficient (Wildman–Crippen LogP) is 2.86. The van der Waals surface area contributed by atoms with E-state index in [1.165, 1.54) is 6.42 Å². The molecular weight excluding hydrogens is 264 g/mol. The maximum absolute atomic E-state index is 12.0. The first-order chi connectivity index (χ1) is 10.0. The molecule has 1 amide bonds.